The van der Waals surface area contributed by atoms with Gasteiger partial charge in [-0.05, 0) is 49.4 Å². The molecule has 148 valence electrons. The fraction of sp³-hybridized carbons (Fsp3) is 0.211. The highest BCUT2D eigenvalue weighted by Crippen LogP contribution is 2.18. The highest BCUT2D eigenvalue weighted by atomic mass is 19.3. The lowest BCUT2D eigenvalue weighted by Crippen LogP contribution is -2.30. The summed E-state index contributed by atoms with van der Waals surface area (Å²) in [6.45, 7) is -0.271. The van der Waals surface area contributed by atoms with Crippen LogP contribution >= 0.6 is 0 Å². The Labute approximate surface area is 159 Å². The minimum absolute atomic E-state index is 0.0301. The van der Waals surface area contributed by atoms with Crippen molar-refractivity contribution >= 4 is 29.2 Å². The maximum absolute atomic E-state index is 12.3. The number of anilines is 2. The van der Waals surface area contributed by atoms with E-state index >= 15 is 0 Å². The first-order valence-electron chi connectivity index (χ1n) is 8.19. The molecule has 0 spiro atoms. The third-order valence-corrected chi connectivity index (χ3v) is 3.42. The van der Waals surface area contributed by atoms with Gasteiger partial charge < -0.3 is 20.1 Å². The lowest BCUT2D eigenvalue weighted by atomic mass is 10.2. The molecule has 2 aromatic carbocycles. The van der Waals surface area contributed by atoms with Crippen molar-refractivity contribution in [3.63, 3.8) is 0 Å². The van der Waals surface area contributed by atoms with Crippen LogP contribution in [0.25, 0.3) is 0 Å². The van der Waals surface area contributed by atoms with Crippen LogP contribution < -0.4 is 15.4 Å². The lowest BCUT2D eigenvalue weighted by Gasteiger charge is -2.14. The average molecular weight is 392 g/mol. The topological polar surface area (TPSA) is 93.7 Å². The van der Waals surface area contributed by atoms with Gasteiger partial charge in [0.15, 0.2) is 6.10 Å². The molecule has 2 aromatic rings. The number of esters is 1. The van der Waals surface area contributed by atoms with E-state index in [0.29, 0.717) is 11.4 Å². The zero-order valence-corrected chi connectivity index (χ0v) is 15.1. The van der Waals surface area contributed by atoms with Crippen LogP contribution in [0.2, 0.25) is 0 Å². The van der Waals surface area contributed by atoms with Gasteiger partial charge >= 0.3 is 12.6 Å². The van der Waals surface area contributed by atoms with Gasteiger partial charge in [0.2, 0.25) is 5.91 Å². The number of benzene rings is 2. The van der Waals surface area contributed by atoms with Crippen molar-refractivity contribution in [2.75, 3.05) is 10.6 Å². The van der Waals surface area contributed by atoms with Crippen LogP contribution in [0, 0.1) is 0 Å². The second-order valence-corrected chi connectivity index (χ2v) is 5.70. The quantitative estimate of drug-likeness (QED) is 0.704. The van der Waals surface area contributed by atoms with Gasteiger partial charge in [-0.1, -0.05) is 6.07 Å². The van der Waals surface area contributed by atoms with Gasteiger partial charge in [0.05, 0.1) is 5.56 Å². The summed E-state index contributed by atoms with van der Waals surface area (Å²) in [5.41, 5.74) is 0.975. The number of hydrogen-bond acceptors (Lipinski definition) is 5. The summed E-state index contributed by atoms with van der Waals surface area (Å²) >= 11 is 0. The van der Waals surface area contributed by atoms with Gasteiger partial charge in [-0.2, -0.15) is 8.78 Å². The molecule has 9 heteroatoms. The summed E-state index contributed by atoms with van der Waals surface area (Å²) in [5.74, 6) is -1.86. The van der Waals surface area contributed by atoms with Crippen molar-refractivity contribution in [3.8, 4) is 5.75 Å². The fourth-order valence-electron chi connectivity index (χ4n) is 2.17. The molecule has 2 N–H and O–H groups in total. The zero-order chi connectivity index (χ0) is 20.7. The van der Waals surface area contributed by atoms with Crippen molar-refractivity contribution in [2.45, 2.75) is 26.6 Å². The summed E-state index contributed by atoms with van der Waals surface area (Å²) in [7, 11) is 0. The molecule has 1 atom stereocenters. The highest BCUT2D eigenvalue weighted by molar-refractivity contribution is 5.97. The van der Waals surface area contributed by atoms with E-state index in [1.165, 1.54) is 32.0 Å². The molecule has 0 saturated heterocycles. The van der Waals surface area contributed by atoms with E-state index in [1.54, 1.807) is 24.3 Å². The van der Waals surface area contributed by atoms with E-state index in [0.717, 1.165) is 6.07 Å². The van der Waals surface area contributed by atoms with Crippen molar-refractivity contribution in [1.29, 1.82) is 0 Å². The molecule has 0 radical (unpaired) electrons. The van der Waals surface area contributed by atoms with Crippen LogP contribution in [-0.4, -0.2) is 30.5 Å². The molecule has 0 unspecified atom stereocenters. The molecule has 2 amide bonds. The first kappa shape index (κ1) is 20.8. The van der Waals surface area contributed by atoms with Crippen LogP contribution in [0.15, 0.2) is 48.5 Å². The van der Waals surface area contributed by atoms with Crippen molar-refractivity contribution < 1.29 is 32.6 Å². The number of nitrogens with one attached hydrogen (secondary N) is 2. The lowest BCUT2D eigenvalue weighted by molar-refractivity contribution is -0.123. The molecule has 0 aliphatic rings. The van der Waals surface area contributed by atoms with E-state index in [9.17, 15) is 23.2 Å². The van der Waals surface area contributed by atoms with Crippen LogP contribution in [-0.2, 0) is 14.3 Å². The van der Waals surface area contributed by atoms with Gasteiger partial charge in [0.1, 0.15) is 5.75 Å². The Morgan fingerprint density at radius 3 is 2.14 bits per heavy atom. The summed E-state index contributed by atoms with van der Waals surface area (Å²) < 4.78 is 33.8. The third-order valence-electron chi connectivity index (χ3n) is 3.42. The Hall–Kier alpha value is -3.49. The summed E-state index contributed by atoms with van der Waals surface area (Å²) in [5, 5.41) is 5.15. The van der Waals surface area contributed by atoms with Gasteiger partial charge in [0, 0.05) is 18.3 Å². The zero-order valence-electron chi connectivity index (χ0n) is 15.1. The number of hydrogen-bond donors (Lipinski definition) is 2. The molecule has 7 nitrogen and oxygen atoms in total. The first-order chi connectivity index (χ1) is 13.2. The number of carbonyl (C=O) groups excluding carboxylic acids is 3. The SMILES string of the molecule is CC(=O)Nc1ccc(NC(=O)[C@@H](C)OC(=O)c2cccc(OC(F)F)c2)cc1. The van der Waals surface area contributed by atoms with Crippen molar-refractivity contribution in [3.05, 3.63) is 54.1 Å². The van der Waals surface area contributed by atoms with Crippen LogP contribution in [0.4, 0.5) is 20.2 Å². The van der Waals surface area contributed by atoms with E-state index in [1.807, 2.05) is 0 Å². The standard InChI is InChI=1S/C19H18F2N2O5/c1-11(17(25)23-15-8-6-14(7-9-15)22-12(2)24)27-18(26)13-4-3-5-16(10-13)28-19(20)21/h3-11,19H,1-2H3,(H,22,24)(H,23,25)/t11-/m1/s1. The number of ether oxygens (including phenoxy) is 2. The second-order valence-electron chi connectivity index (χ2n) is 5.70. The van der Waals surface area contributed by atoms with Gasteiger partial charge in [-0.15, -0.1) is 0 Å². The predicted octanol–water partition coefficient (Wildman–Crippen LogP) is 3.43. The van der Waals surface area contributed by atoms with E-state index in [-0.39, 0.29) is 17.2 Å². The second kappa shape index (κ2) is 9.45. The Kier molecular flexibility index (Phi) is 7.02. The molecule has 2 rings (SSSR count). The molecule has 0 aliphatic carbocycles. The Morgan fingerprint density at radius 1 is 0.964 bits per heavy atom. The highest BCUT2D eigenvalue weighted by Gasteiger charge is 2.20. The number of alkyl halides is 2. The van der Waals surface area contributed by atoms with Crippen LogP contribution in [0.1, 0.15) is 24.2 Å². The Bertz CT molecular complexity index is 856. The van der Waals surface area contributed by atoms with E-state index < -0.39 is 24.6 Å². The number of rotatable bonds is 7. The first-order valence-corrected chi connectivity index (χ1v) is 8.19. The summed E-state index contributed by atoms with van der Waals surface area (Å²) in [6.07, 6.45) is -1.14. The molecule has 0 aromatic heterocycles. The van der Waals surface area contributed by atoms with Crippen molar-refractivity contribution in [1.82, 2.24) is 0 Å². The number of halogens is 2. The minimum atomic E-state index is -3.02. The molecule has 28 heavy (non-hydrogen) atoms. The molecule has 0 fully saturated rings. The normalized spacial score (nSPS) is 11.5. The molecular formula is C19H18F2N2O5. The molecular weight excluding hydrogens is 374 g/mol. The number of amides is 2. The monoisotopic (exact) mass is 392 g/mol. The summed E-state index contributed by atoms with van der Waals surface area (Å²) in [6, 6.07) is 11.4. The summed E-state index contributed by atoms with van der Waals surface area (Å²) in [4.78, 5) is 35.3. The van der Waals surface area contributed by atoms with E-state index in [2.05, 4.69) is 15.4 Å². The van der Waals surface area contributed by atoms with Gasteiger partial charge in [-0.3, -0.25) is 9.59 Å². The maximum atomic E-state index is 12.3. The molecule has 0 bridgehead atoms. The number of carbonyl (C=O) groups is 3. The predicted molar refractivity (Wildman–Crippen MR) is 97.3 cm³/mol. The van der Waals surface area contributed by atoms with Crippen molar-refractivity contribution in [2.24, 2.45) is 0 Å². The Balaban J connectivity index is 1.94. The smallest absolute Gasteiger partial charge is 0.387 e. The molecule has 0 saturated carbocycles. The molecule has 0 aliphatic heterocycles. The Morgan fingerprint density at radius 2 is 1.57 bits per heavy atom. The largest absolute Gasteiger partial charge is 0.449 e. The maximum Gasteiger partial charge on any atom is 0.387 e. The fourth-order valence-corrected chi connectivity index (χ4v) is 2.17. The molecule has 0 heterocycles. The third kappa shape index (κ3) is 6.35. The van der Waals surface area contributed by atoms with E-state index in [4.69, 9.17) is 4.74 Å². The van der Waals surface area contributed by atoms with Crippen LogP contribution in [0.3, 0.4) is 0 Å². The van der Waals surface area contributed by atoms with Crippen LogP contribution in [0.5, 0.6) is 5.75 Å². The average Bonchev–Trinajstić information content (AvgIpc) is 2.62. The van der Waals surface area contributed by atoms with Gasteiger partial charge in [-0.25, -0.2) is 4.79 Å². The minimum Gasteiger partial charge on any atom is -0.449 e. The van der Waals surface area contributed by atoms with Gasteiger partial charge in [0.25, 0.3) is 5.91 Å².